The van der Waals surface area contributed by atoms with E-state index in [1.54, 1.807) is 18.2 Å². The van der Waals surface area contributed by atoms with E-state index in [0.29, 0.717) is 17.1 Å². The Balaban J connectivity index is 2.66. The summed E-state index contributed by atoms with van der Waals surface area (Å²) in [4.78, 5) is 0. The highest BCUT2D eigenvalue weighted by Crippen LogP contribution is 2.38. The molecule has 0 aromatic heterocycles. The van der Waals surface area contributed by atoms with E-state index in [4.69, 9.17) is 9.47 Å². The van der Waals surface area contributed by atoms with Crippen molar-refractivity contribution >= 4 is 0 Å². The van der Waals surface area contributed by atoms with Gasteiger partial charge in [-0.05, 0) is 24.3 Å². The van der Waals surface area contributed by atoms with Gasteiger partial charge in [0.2, 0.25) is 0 Å². The molecule has 0 unspecified atom stereocenters. The fraction of sp³-hybridized carbons (Fsp3) is 0.143. The number of para-hydroxylation sites is 1. The standard InChI is InChI=1S/C14H12F2O2/c1-17-13-5-3-4-10(14(13)18-2)11-8-9(15)6-7-12(11)16/h3-8H,1-2H3. The lowest BCUT2D eigenvalue weighted by atomic mass is 10.0. The van der Waals surface area contributed by atoms with Crippen molar-refractivity contribution in [1.82, 2.24) is 0 Å². The molecule has 0 aliphatic rings. The zero-order chi connectivity index (χ0) is 13.1. The van der Waals surface area contributed by atoms with Gasteiger partial charge >= 0.3 is 0 Å². The first-order valence-electron chi connectivity index (χ1n) is 5.33. The fourth-order valence-corrected chi connectivity index (χ4v) is 1.80. The molecule has 0 saturated carbocycles. The van der Waals surface area contributed by atoms with Gasteiger partial charge in [-0.2, -0.15) is 0 Å². The van der Waals surface area contributed by atoms with Crippen LogP contribution in [0, 0.1) is 11.6 Å². The molecule has 0 spiro atoms. The summed E-state index contributed by atoms with van der Waals surface area (Å²) in [6.07, 6.45) is 0. The lowest BCUT2D eigenvalue weighted by Crippen LogP contribution is -1.95. The first-order valence-corrected chi connectivity index (χ1v) is 5.33. The fourth-order valence-electron chi connectivity index (χ4n) is 1.80. The zero-order valence-corrected chi connectivity index (χ0v) is 10.0. The number of rotatable bonds is 3. The van der Waals surface area contributed by atoms with Crippen molar-refractivity contribution in [3.8, 4) is 22.6 Å². The minimum absolute atomic E-state index is 0.144. The third-order valence-electron chi connectivity index (χ3n) is 2.62. The molecule has 0 atom stereocenters. The number of benzene rings is 2. The van der Waals surface area contributed by atoms with E-state index in [1.165, 1.54) is 14.2 Å². The van der Waals surface area contributed by atoms with E-state index in [-0.39, 0.29) is 5.56 Å². The van der Waals surface area contributed by atoms with Crippen molar-refractivity contribution in [2.45, 2.75) is 0 Å². The van der Waals surface area contributed by atoms with Crippen molar-refractivity contribution in [2.75, 3.05) is 14.2 Å². The summed E-state index contributed by atoms with van der Waals surface area (Å²) < 4.78 is 37.3. The Hall–Kier alpha value is -2.10. The Morgan fingerprint density at radius 2 is 1.67 bits per heavy atom. The summed E-state index contributed by atoms with van der Waals surface area (Å²) in [7, 11) is 2.95. The molecule has 0 aliphatic heterocycles. The molecule has 2 aromatic rings. The van der Waals surface area contributed by atoms with Crippen LogP contribution in [0.2, 0.25) is 0 Å². The monoisotopic (exact) mass is 250 g/mol. The summed E-state index contributed by atoms with van der Waals surface area (Å²) in [6, 6.07) is 8.33. The van der Waals surface area contributed by atoms with Gasteiger partial charge in [-0.15, -0.1) is 0 Å². The molecular formula is C14H12F2O2. The van der Waals surface area contributed by atoms with Crippen molar-refractivity contribution in [3.63, 3.8) is 0 Å². The van der Waals surface area contributed by atoms with E-state index in [9.17, 15) is 8.78 Å². The van der Waals surface area contributed by atoms with Gasteiger partial charge in [-0.25, -0.2) is 8.78 Å². The summed E-state index contributed by atoms with van der Waals surface area (Å²) in [5.74, 6) is -0.164. The van der Waals surface area contributed by atoms with Crippen LogP contribution in [-0.4, -0.2) is 14.2 Å². The molecule has 4 heteroatoms. The number of methoxy groups -OCH3 is 2. The molecule has 2 rings (SSSR count). The summed E-state index contributed by atoms with van der Waals surface area (Å²) >= 11 is 0. The van der Waals surface area contributed by atoms with Gasteiger partial charge in [0.05, 0.1) is 14.2 Å². The van der Waals surface area contributed by atoms with Gasteiger partial charge in [0.1, 0.15) is 11.6 Å². The molecule has 0 N–H and O–H groups in total. The second-order valence-corrected chi connectivity index (χ2v) is 3.67. The third-order valence-corrected chi connectivity index (χ3v) is 2.62. The van der Waals surface area contributed by atoms with Gasteiger partial charge in [0, 0.05) is 11.1 Å². The summed E-state index contributed by atoms with van der Waals surface area (Å²) in [6.45, 7) is 0. The Bertz CT molecular complexity index is 568. The van der Waals surface area contributed by atoms with Gasteiger partial charge in [-0.3, -0.25) is 0 Å². The quantitative estimate of drug-likeness (QED) is 0.827. The second kappa shape index (κ2) is 5.04. The molecule has 0 radical (unpaired) electrons. The van der Waals surface area contributed by atoms with E-state index < -0.39 is 11.6 Å². The Labute approximate surface area is 104 Å². The molecular weight excluding hydrogens is 238 g/mol. The minimum Gasteiger partial charge on any atom is -0.493 e. The van der Waals surface area contributed by atoms with Crippen LogP contribution in [0.15, 0.2) is 36.4 Å². The maximum Gasteiger partial charge on any atom is 0.168 e. The van der Waals surface area contributed by atoms with Crippen LogP contribution in [0.1, 0.15) is 0 Å². The lowest BCUT2D eigenvalue weighted by Gasteiger charge is -2.13. The number of ether oxygens (including phenoxy) is 2. The molecule has 0 heterocycles. The molecule has 0 bridgehead atoms. The first-order chi connectivity index (χ1) is 8.67. The molecule has 2 nitrogen and oxygen atoms in total. The number of hydrogen-bond acceptors (Lipinski definition) is 2. The van der Waals surface area contributed by atoms with Crippen molar-refractivity contribution in [3.05, 3.63) is 48.0 Å². The first kappa shape index (κ1) is 12.4. The van der Waals surface area contributed by atoms with Crippen LogP contribution in [-0.2, 0) is 0 Å². The lowest BCUT2D eigenvalue weighted by molar-refractivity contribution is 0.356. The van der Waals surface area contributed by atoms with Crippen LogP contribution < -0.4 is 9.47 Å². The normalized spacial score (nSPS) is 10.2. The van der Waals surface area contributed by atoms with Gasteiger partial charge in [0.25, 0.3) is 0 Å². The SMILES string of the molecule is COc1cccc(-c2cc(F)ccc2F)c1OC. The largest absolute Gasteiger partial charge is 0.493 e. The van der Waals surface area contributed by atoms with Crippen LogP contribution in [0.3, 0.4) is 0 Å². The maximum absolute atomic E-state index is 13.7. The Kier molecular flexibility index (Phi) is 3.46. The molecule has 0 fully saturated rings. The van der Waals surface area contributed by atoms with Crippen LogP contribution in [0.4, 0.5) is 8.78 Å². The summed E-state index contributed by atoms with van der Waals surface area (Å²) in [5, 5.41) is 0. The van der Waals surface area contributed by atoms with Crippen LogP contribution in [0.5, 0.6) is 11.5 Å². The van der Waals surface area contributed by atoms with Crippen molar-refractivity contribution in [1.29, 1.82) is 0 Å². The van der Waals surface area contributed by atoms with Gasteiger partial charge in [-0.1, -0.05) is 12.1 Å². The van der Waals surface area contributed by atoms with E-state index in [1.807, 2.05) is 0 Å². The topological polar surface area (TPSA) is 18.5 Å². The zero-order valence-electron chi connectivity index (χ0n) is 10.0. The van der Waals surface area contributed by atoms with Crippen LogP contribution >= 0.6 is 0 Å². The van der Waals surface area contributed by atoms with E-state index >= 15 is 0 Å². The number of hydrogen-bond donors (Lipinski definition) is 0. The average molecular weight is 250 g/mol. The predicted molar refractivity (Wildman–Crippen MR) is 64.9 cm³/mol. The van der Waals surface area contributed by atoms with Gasteiger partial charge in [0.15, 0.2) is 11.5 Å². The van der Waals surface area contributed by atoms with E-state index in [2.05, 4.69) is 0 Å². The molecule has 18 heavy (non-hydrogen) atoms. The highest BCUT2D eigenvalue weighted by molar-refractivity contribution is 5.74. The molecule has 0 amide bonds. The third kappa shape index (κ3) is 2.14. The van der Waals surface area contributed by atoms with Crippen molar-refractivity contribution < 1.29 is 18.3 Å². The smallest absolute Gasteiger partial charge is 0.168 e. The van der Waals surface area contributed by atoms with E-state index in [0.717, 1.165) is 18.2 Å². The van der Waals surface area contributed by atoms with Gasteiger partial charge < -0.3 is 9.47 Å². The number of halogens is 2. The maximum atomic E-state index is 13.7. The minimum atomic E-state index is -0.511. The summed E-state index contributed by atoms with van der Waals surface area (Å²) in [5.41, 5.74) is 0.597. The Morgan fingerprint density at radius 1 is 0.889 bits per heavy atom. The molecule has 2 aromatic carbocycles. The Morgan fingerprint density at radius 3 is 2.33 bits per heavy atom. The van der Waals surface area contributed by atoms with Crippen LogP contribution in [0.25, 0.3) is 11.1 Å². The average Bonchev–Trinajstić information content (AvgIpc) is 2.40. The molecule has 0 saturated heterocycles. The highest BCUT2D eigenvalue weighted by atomic mass is 19.1. The predicted octanol–water partition coefficient (Wildman–Crippen LogP) is 3.65. The molecule has 94 valence electrons. The molecule has 0 aliphatic carbocycles. The highest BCUT2D eigenvalue weighted by Gasteiger charge is 2.15. The second-order valence-electron chi connectivity index (χ2n) is 3.67. The van der Waals surface area contributed by atoms with Crippen molar-refractivity contribution in [2.24, 2.45) is 0 Å².